The monoisotopic (exact) mass is 294 g/mol. The van der Waals surface area contributed by atoms with Gasteiger partial charge in [-0.25, -0.2) is 8.42 Å². The summed E-state index contributed by atoms with van der Waals surface area (Å²) in [6.45, 7) is 4.66. The molecule has 8 heteroatoms. The van der Waals surface area contributed by atoms with Crippen LogP contribution in [0.1, 0.15) is 19.0 Å². The van der Waals surface area contributed by atoms with Crippen molar-refractivity contribution in [1.82, 2.24) is 14.5 Å². The zero-order valence-corrected chi connectivity index (χ0v) is 12.1. The number of nitrogens with one attached hydrogen (secondary N) is 1. The summed E-state index contributed by atoms with van der Waals surface area (Å²) in [6.07, 6.45) is 2.19. The fourth-order valence-corrected chi connectivity index (χ4v) is 4.18. The van der Waals surface area contributed by atoms with Crippen LogP contribution in [0.3, 0.4) is 0 Å². The molecule has 0 bridgehead atoms. The zero-order valence-electron chi connectivity index (χ0n) is 10.5. The van der Waals surface area contributed by atoms with Crippen molar-refractivity contribution >= 4 is 22.4 Å². The summed E-state index contributed by atoms with van der Waals surface area (Å²) in [6, 6.07) is 0.00264. The third-order valence-corrected chi connectivity index (χ3v) is 5.40. The number of nitrogens with zero attached hydrogens (tertiary/aromatic N) is 2. The smallest absolute Gasteiger partial charge is 0.246 e. The lowest BCUT2D eigenvalue weighted by atomic mass is 10.1. The van der Waals surface area contributed by atoms with E-state index in [-0.39, 0.29) is 29.3 Å². The highest BCUT2D eigenvalue weighted by Crippen LogP contribution is 2.29. The van der Waals surface area contributed by atoms with E-state index in [0.29, 0.717) is 18.8 Å². The molecule has 0 saturated carbocycles. The summed E-state index contributed by atoms with van der Waals surface area (Å²) in [5.41, 5.74) is 6.19. The Bertz CT molecular complexity index is 502. The summed E-state index contributed by atoms with van der Waals surface area (Å²) < 4.78 is 26.4. The quantitative estimate of drug-likeness (QED) is 0.849. The van der Waals surface area contributed by atoms with Gasteiger partial charge in [0.1, 0.15) is 4.90 Å². The van der Waals surface area contributed by atoms with Crippen molar-refractivity contribution in [3.8, 4) is 0 Å². The first-order valence-corrected chi connectivity index (χ1v) is 7.12. The van der Waals surface area contributed by atoms with Gasteiger partial charge in [-0.05, 0) is 32.7 Å². The molecule has 0 radical (unpaired) electrons. The molecular weight excluding hydrogens is 276 g/mol. The van der Waals surface area contributed by atoms with Crippen LogP contribution in [-0.2, 0) is 10.0 Å². The summed E-state index contributed by atoms with van der Waals surface area (Å²) in [4.78, 5) is 0.266. The number of hydrogen-bond acceptors (Lipinski definition) is 4. The number of rotatable bonds is 3. The molecule has 2 atom stereocenters. The summed E-state index contributed by atoms with van der Waals surface area (Å²) in [5, 5.41) is 6.43. The highest BCUT2D eigenvalue weighted by molar-refractivity contribution is 7.89. The maximum atomic E-state index is 12.4. The van der Waals surface area contributed by atoms with Gasteiger partial charge in [0.2, 0.25) is 10.0 Å². The zero-order chi connectivity index (χ0) is 12.6. The minimum atomic E-state index is -3.43. The van der Waals surface area contributed by atoms with Crippen molar-refractivity contribution in [2.75, 3.05) is 13.1 Å². The van der Waals surface area contributed by atoms with E-state index in [4.69, 9.17) is 5.73 Å². The third kappa shape index (κ3) is 2.54. The van der Waals surface area contributed by atoms with Gasteiger partial charge in [-0.15, -0.1) is 12.4 Å². The molecular formula is C10H19ClN4O2S. The largest absolute Gasteiger partial charge is 0.330 e. The minimum absolute atomic E-state index is 0. The lowest BCUT2D eigenvalue weighted by Crippen LogP contribution is -2.34. The van der Waals surface area contributed by atoms with E-state index < -0.39 is 10.0 Å². The Balaban J connectivity index is 0.00000162. The van der Waals surface area contributed by atoms with Crippen molar-refractivity contribution < 1.29 is 8.42 Å². The van der Waals surface area contributed by atoms with Gasteiger partial charge in [0, 0.05) is 12.6 Å². The number of H-pyrrole nitrogens is 1. The predicted molar refractivity (Wildman–Crippen MR) is 71.1 cm³/mol. The maximum Gasteiger partial charge on any atom is 0.246 e. The van der Waals surface area contributed by atoms with Crippen LogP contribution < -0.4 is 5.73 Å². The van der Waals surface area contributed by atoms with E-state index >= 15 is 0 Å². The van der Waals surface area contributed by atoms with Crippen LogP contribution in [0.2, 0.25) is 0 Å². The Kier molecular flexibility index (Phi) is 4.77. The molecule has 104 valence electrons. The topological polar surface area (TPSA) is 92.1 Å². The van der Waals surface area contributed by atoms with Crippen molar-refractivity contribution in [1.29, 1.82) is 0 Å². The molecule has 1 aromatic heterocycles. The molecule has 2 unspecified atom stereocenters. The average Bonchev–Trinajstić information content (AvgIpc) is 2.84. The Morgan fingerprint density at radius 2 is 2.28 bits per heavy atom. The fourth-order valence-electron chi connectivity index (χ4n) is 2.34. The summed E-state index contributed by atoms with van der Waals surface area (Å²) in [5.74, 6) is 0.256. The molecule has 2 rings (SSSR count). The average molecular weight is 295 g/mol. The number of nitrogens with two attached hydrogens (primary N) is 1. The molecule has 6 nitrogen and oxygen atoms in total. The molecule has 1 aliphatic heterocycles. The highest BCUT2D eigenvalue weighted by atomic mass is 35.5. The molecule has 0 amide bonds. The van der Waals surface area contributed by atoms with Gasteiger partial charge >= 0.3 is 0 Å². The van der Waals surface area contributed by atoms with Crippen molar-refractivity contribution in [3.05, 3.63) is 11.9 Å². The number of aryl methyl sites for hydroxylation is 1. The van der Waals surface area contributed by atoms with Crippen molar-refractivity contribution in [2.45, 2.75) is 31.2 Å². The molecule has 3 N–H and O–H groups in total. The Labute approximate surface area is 113 Å². The lowest BCUT2D eigenvalue weighted by molar-refractivity contribution is 0.404. The van der Waals surface area contributed by atoms with Gasteiger partial charge in [-0.2, -0.15) is 9.40 Å². The number of sulfonamides is 1. The van der Waals surface area contributed by atoms with E-state index in [1.807, 2.05) is 6.92 Å². The van der Waals surface area contributed by atoms with Crippen LogP contribution in [0.5, 0.6) is 0 Å². The van der Waals surface area contributed by atoms with Crippen LogP contribution in [0, 0.1) is 12.8 Å². The Morgan fingerprint density at radius 3 is 2.72 bits per heavy atom. The molecule has 0 aromatic carbocycles. The van der Waals surface area contributed by atoms with E-state index in [2.05, 4.69) is 10.2 Å². The van der Waals surface area contributed by atoms with Gasteiger partial charge < -0.3 is 5.73 Å². The summed E-state index contributed by atoms with van der Waals surface area (Å²) in [7, 11) is -3.43. The number of halogens is 1. The maximum absolute atomic E-state index is 12.4. The Hall–Kier alpha value is -0.630. The van der Waals surface area contributed by atoms with Crippen LogP contribution >= 0.6 is 12.4 Å². The second-order valence-corrected chi connectivity index (χ2v) is 6.48. The molecule has 1 saturated heterocycles. The molecule has 18 heavy (non-hydrogen) atoms. The fraction of sp³-hybridized carbons (Fsp3) is 0.700. The minimum Gasteiger partial charge on any atom is -0.330 e. The van der Waals surface area contributed by atoms with Gasteiger partial charge in [0.15, 0.2) is 0 Å². The first-order valence-electron chi connectivity index (χ1n) is 5.68. The molecule has 1 aliphatic rings. The molecule has 0 aliphatic carbocycles. The van der Waals surface area contributed by atoms with Crippen molar-refractivity contribution in [3.63, 3.8) is 0 Å². The number of aromatic nitrogens is 2. The van der Waals surface area contributed by atoms with Crippen LogP contribution in [0.25, 0.3) is 0 Å². The lowest BCUT2D eigenvalue weighted by Gasteiger charge is -2.20. The molecule has 1 fully saturated rings. The van der Waals surface area contributed by atoms with E-state index in [9.17, 15) is 8.42 Å². The normalized spacial score (nSPS) is 25.1. The van der Waals surface area contributed by atoms with Crippen LogP contribution in [-0.4, -0.2) is 42.1 Å². The first kappa shape index (κ1) is 15.4. The highest BCUT2D eigenvalue weighted by Gasteiger charge is 2.38. The second kappa shape index (κ2) is 5.56. The number of aromatic amines is 1. The van der Waals surface area contributed by atoms with Gasteiger partial charge in [0.05, 0.1) is 11.9 Å². The third-order valence-electron chi connectivity index (χ3n) is 3.31. The summed E-state index contributed by atoms with van der Waals surface area (Å²) >= 11 is 0. The van der Waals surface area contributed by atoms with Gasteiger partial charge in [-0.1, -0.05) is 0 Å². The van der Waals surface area contributed by atoms with Crippen LogP contribution in [0.4, 0.5) is 0 Å². The molecule has 2 heterocycles. The van der Waals surface area contributed by atoms with E-state index in [1.165, 1.54) is 10.5 Å². The SMILES string of the molecule is Cc1[nH]ncc1S(=O)(=O)N1CC(CN)CC1C.Cl. The number of hydrogen-bond donors (Lipinski definition) is 2. The van der Waals surface area contributed by atoms with Crippen molar-refractivity contribution in [2.24, 2.45) is 11.7 Å². The second-order valence-electron chi connectivity index (χ2n) is 4.62. The van der Waals surface area contributed by atoms with Gasteiger partial charge in [-0.3, -0.25) is 5.10 Å². The molecule has 1 aromatic rings. The standard InChI is InChI=1S/C10H18N4O2S.ClH/c1-7-3-9(4-11)6-14(7)17(15,16)10-5-12-13-8(10)2;/h5,7,9H,3-4,6,11H2,1-2H3,(H,12,13);1H. The first-order chi connectivity index (χ1) is 7.96. The van der Waals surface area contributed by atoms with E-state index in [0.717, 1.165) is 6.42 Å². The Morgan fingerprint density at radius 1 is 1.61 bits per heavy atom. The van der Waals surface area contributed by atoms with Crippen LogP contribution in [0.15, 0.2) is 11.1 Å². The van der Waals surface area contributed by atoms with E-state index in [1.54, 1.807) is 6.92 Å². The van der Waals surface area contributed by atoms with Gasteiger partial charge in [0.25, 0.3) is 0 Å². The predicted octanol–water partition coefficient (Wildman–Crippen LogP) is 0.498. The molecule has 0 spiro atoms.